The highest BCUT2D eigenvalue weighted by Crippen LogP contribution is 2.41. The molecule has 14 nitrogen and oxygen atoms in total. The number of unbranched alkanes of at least 4 members (excludes halogenated alkanes) is 1. The van der Waals surface area contributed by atoms with Crippen molar-refractivity contribution in [2.75, 3.05) is 63.9 Å². The number of hydrogen-bond acceptors (Lipinski definition) is 11. The maximum atomic E-state index is 14.8. The van der Waals surface area contributed by atoms with Gasteiger partial charge in [0.2, 0.25) is 11.8 Å². The van der Waals surface area contributed by atoms with Crippen molar-refractivity contribution in [3.63, 3.8) is 0 Å². The van der Waals surface area contributed by atoms with Gasteiger partial charge in [0.05, 0.1) is 24.5 Å². The lowest BCUT2D eigenvalue weighted by Crippen LogP contribution is -2.65. The molecule has 2 saturated heterocycles. The van der Waals surface area contributed by atoms with E-state index >= 15 is 0 Å². The van der Waals surface area contributed by atoms with Crippen molar-refractivity contribution >= 4 is 35.4 Å². The van der Waals surface area contributed by atoms with Crippen LogP contribution in [0.3, 0.4) is 0 Å². The first-order valence-electron chi connectivity index (χ1n) is 23.0. The van der Waals surface area contributed by atoms with E-state index in [0.717, 1.165) is 46.6 Å². The summed E-state index contributed by atoms with van der Waals surface area (Å²) in [5.41, 5.74) is 4.36. The monoisotopic (exact) mass is 926 g/mol. The second kappa shape index (κ2) is 21.1. The molecule has 0 spiro atoms. The Kier molecular flexibility index (Phi) is 15.5. The summed E-state index contributed by atoms with van der Waals surface area (Å²) in [6, 6.07) is 19.4. The van der Waals surface area contributed by atoms with Crippen LogP contribution in [0.15, 0.2) is 73.1 Å². The molecule has 0 unspecified atom stereocenters. The molecule has 7 rings (SSSR count). The Balaban J connectivity index is 1.08. The fourth-order valence-corrected chi connectivity index (χ4v) is 9.18. The molecule has 3 aliphatic heterocycles. The number of aromatic nitrogens is 3. The molecule has 4 aromatic rings. The molecule has 66 heavy (non-hydrogen) atoms. The van der Waals surface area contributed by atoms with Gasteiger partial charge in [-0.1, -0.05) is 67.9 Å². The van der Waals surface area contributed by atoms with Crippen LogP contribution in [-0.2, 0) is 39.1 Å². The minimum atomic E-state index is -0.666. The Morgan fingerprint density at radius 2 is 1.64 bits per heavy atom. The fraction of sp³-hybridized carbons (Fsp3) is 0.520. The van der Waals surface area contributed by atoms with Crippen LogP contribution in [0.25, 0.3) is 0 Å². The van der Waals surface area contributed by atoms with E-state index < -0.39 is 11.0 Å². The molecular weight excluding hydrogens is 863 g/mol. The van der Waals surface area contributed by atoms with E-state index in [-0.39, 0.29) is 55.2 Å². The number of carbonyl (C=O) groups is 3. The third kappa shape index (κ3) is 12.5. The van der Waals surface area contributed by atoms with Crippen LogP contribution in [0.1, 0.15) is 89.4 Å². The lowest BCUT2D eigenvalue weighted by atomic mass is 9.90. The Labute approximate surface area is 393 Å². The standard InChI is InChI=1S/C50H64ClFN8O6/c1-34-26-57(47(62)65-31-37-13-9-8-10-14-37)21-20-56(34)28-40-29-59(48(63)66-49(3,4)5)35(2)27-58(40)30-45(61)60-32-50(6,7)46-42(60)24-38(23-36-16-18-39(52)19-17-36)41(55-46)15-11-12-22-64-44-25-43(51)53-33-54-44/h8-10,13-14,16-19,24-25,33-35,40H,11-12,15,20-23,26-32H2,1-7H3/t34-,35-,40+/m1/s1. The van der Waals surface area contributed by atoms with E-state index in [1.165, 1.54) is 18.5 Å². The van der Waals surface area contributed by atoms with Gasteiger partial charge in [0.25, 0.3) is 0 Å². The number of pyridine rings is 1. The van der Waals surface area contributed by atoms with Crippen molar-refractivity contribution in [3.8, 4) is 5.88 Å². The number of aryl methyl sites for hydroxylation is 1. The van der Waals surface area contributed by atoms with E-state index in [9.17, 15) is 18.8 Å². The molecule has 354 valence electrons. The first-order chi connectivity index (χ1) is 31.4. The molecule has 3 amide bonds. The van der Waals surface area contributed by atoms with Crippen LogP contribution >= 0.6 is 11.6 Å². The van der Waals surface area contributed by atoms with Crippen molar-refractivity contribution < 1.29 is 33.0 Å². The minimum Gasteiger partial charge on any atom is -0.478 e. The highest BCUT2D eigenvalue weighted by molar-refractivity contribution is 6.29. The fourth-order valence-electron chi connectivity index (χ4n) is 9.05. The lowest BCUT2D eigenvalue weighted by Gasteiger charge is -2.48. The molecule has 0 bridgehead atoms. The minimum absolute atomic E-state index is 0.00556. The SMILES string of the molecule is C[C@@H]1CN(C(=O)OCc2ccccc2)CCN1C[C@H]1CN(C(=O)OC(C)(C)C)[C@H](C)CN1CC(=O)N1CC(C)(C)c2nc(CCCCOc3cc(Cl)ncn3)c(Cc3ccc(F)cc3)cc21. The molecule has 5 heterocycles. The largest absolute Gasteiger partial charge is 0.478 e. The Morgan fingerprint density at radius 3 is 2.35 bits per heavy atom. The van der Waals surface area contributed by atoms with Crippen LogP contribution in [-0.4, -0.2) is 135 Å². The maximum Gasteiger partial charge on any atom is 0.410 e. The molecule has 0 radical (unpaired) electrons. The van der Waals surface area contributed by atoms with Crippen LogP contribution in [0.2, 0.25) is 5.15 Å². The predicted octanol–water partition coefficient (Wildman–Crippen LogP) is 7.93. The number of rotatable bonds is 14. The molecule has 16 heteroatoms. The molecule has 0 N–H and O–H groups in total. The smallest absolute Gasteiger partial charge is 0.410 e. The third-order valence-corrected chi connectivity index (χ3v) is 12.7. The number of halogens is 2. The quantitative estimate of drug-likeness (QED) is 0.0902. The highest BCUT2D eigenvalue weighted by atomic mass is 35.5. The number of fused-ring (bicyclic) bond motifs is 1. The summed E-state index contributed by atoms with van der Waals surface area (Å²) < 4.78 is 31.4. The summed E-state index contributed by atoms with van der Waals surface area (Å²) in [4.78, 5) is 64.9. The number of carbonyl (C=O) groups excluding carboxylic acids is 3. The van der Waals surface area contributed by atoms with Crippen molar-refractivity contribution in [1.29, 1.82) is 0 Å². The number of benzene rings is 2. The van der Waals surface area contributed by atoms with E-state index in [1.807, 2.05) is 62.9 Å². The molecule has 2 fully saturated rings. The Morgan fingerprint density at radius 1 is 0.879 bits per heavy atom. The predicted molar refractivity (Wildman–Crippen MR) is 251 cm³/mol. The van der Waals surface area contributed by atoms with Gasteiger partial charge in [-0.25, -0.2) is 23.9 Å². The number of amides is 3. The van der Waals surface area contributed by atoms with Crippen LogP contribution in [0, 0.1) is 5.82 Å². The summed E-state index contributed by atoms with van der Waals surface area (Å²) in [5, 5.41) is 0.318. The van der Waals surface area contributed by atoms with Gasteiger partial charge < -0.3 is 28.9 Å². The number of ether oxygens (including phenoxy) is 3. The first-order valence-corrected chi connectivity index (χ1v) is 23.4. The third-order valence-electron chi connectivity index (χ3n) is 12.5. The number of hydrogen-bond donors (Lipinski definition) is 0. The second-order valence-electron chi connectivity index (χ2n) is 19.5. The van der Waals surface area contributed by atoms with E-state index in [0.29, 0.717) is 76.3 Å². The van der Waals surface area contributed by atoms with Crippen LogP contribution < -0.4 is 9.64 Å². The highest BCUT2D eigenvalue weighted by Gasteiger charge is 2.43. The summed E-state index contributed by atoms with van der Waals surface area (Å²) in [6.07, 6.45) is 3.41. The number of anilines is 1. The van der Waals surface area contributed by atoms with Crippen molar-refractivity contribution in [1.82, 2.24) is 34.6 Å². The zero-order chi connectivity index (χ0) is 47.2. The van der Waals surface area contributed by atoms with Crippen molar-refractivity contribution in [2.24, 2.45) is 0 Å². The van der Waals surface area contributed by atoms with E-state index in [2.05, 4.69) is 46.6 Å². The molecule has 3 aliphatic rings. The van der Waals surface area contributed by atoms with Gasteiger partial charge >= 0.3 is 12.2 Å². The number of piperazine rings is 2. The summed E-state index contributed by atoms with van der Waals surface area (Å²) in [5.74, 6) is 0.0734. The Bertz CT molecular complexity index is 2310. The number of nitrogens with zero attached hydrogens (tertiary/aromatic N) is 8. The normalized spacial score (nSPS) is 20.0. The van der Waals surface area contributed by atoms with Crippen LogP contribution in [0.5, 0.6) is 5.88 Å². The van der Waals surface area contributed by atoms with Gasteiger partial charge in [0.1, 0.15) is 29.5 Å². The van der Waals surface area contributed by atoms with Crippen LogP contribution in [0.4, 0.5) is 19.7 Å². The van der Waals surface area contributed by atoms with E-state index in [4.69, 9.17) is 30.8 Å². The summed E-state index contributed by atoms with van der Waals surface area (Å²) in [6.45, 7) is 18.2. The average Bonchev–Trinajstić information content (AvgIpc) is 3.53. The van der Waals surface area contributed by atoms with Gasteiger partial charge in [0, 0.05) is 81.1 Å². The molecule has 2 aromatic heterocycles. The van der Waals surface area contributed by atoms with Gasteiger partial charge in [0.15, 0.2) is 0 Å². The Hall–Kier alpha value is -5.38. The molecule has 0 saturated carbocycles. The van der Waals surface area contributed by atoms with Gasteiger partial charge in [-0.2, -0.15) is 0 Å². The molecule has 2 aromatic carbocycles. The first kappa shape index (κ1) is 48.6. The maximum absolute atomic E-state index is 14.8. The van der Waals surface area contributed by atoms with Gasteiger partial charge in [-0.05, 0) is 95.2 Å². The summed E-state index contributed by atoms with van der Waals surface area (Å²) >= 11 is 6.01. The second-order valence-corrected chi connectivity index (χ2v) is 19.9. The van der Waals surface area contributed by atoms with E-state index in [1.54, 1.807) is 28.0 Å². The zero-order valence-electron chi connectivity index (χ0n) is 39.3. The van der Waals surface area contributed by atoms with Crippen molar-refractivity contribution in [3.05, 3.63) is 112 Å². The topological polar surface area (TPSA) is 134 Å². The van der Waals surface area contributed by atoms with Crippen molar-refractivity contribution in [2.45, 2.75) is 110 Å². The summed E-state index contributed by atoms with van der Waals surface area (Å²) in [7, 11) is 0. The van der Waals surface area contributed by atoms with Gasteiger partial charge in [-0.3, -0.25) is 19.6 Å². The lowest BCUT2D eigenvalue weighted by molar-refractivity contribution is -0.121. The average molecular weight is 928 g/mol. The molecular formula is C50H64ClFN8O6. The molecule has 0 aliphatic carbocycles. The zero-order valence-corrected chi connectivity index (χ0v) is 40.1. The molecule has 3 atom stereocenters. The van der Waals surface area contributed by atoms with Gasteiger partial charge in [-0.15, -0.1) is 0 Å².